The molecule has 0 bridgehead atoms. The zero-order valence-corrected chi connectivity index (χ0v) is 19.9. The Hall–Kier alpha value is -4.28. The molecule has 4 aromatic rings. The van der Waals surface area contributed by atoms with Crippen molar-refractivity contribution >= 4 is 17.5 Å². The molecule has 37 heavy (non-hydrogen) atoms. The van der Waals surface area contributed by atoms with E-state index in [1.54, 1.807) is 12.4 Å². The minimum Gasteiger partial charge on any atom is -0.475 e. The van der Waals surface area contributed by atoms with Crippen LogP contribution in [0.3, 0.4) is 0 Å². The number of halogens is 3. The van der Waals surface area contributed by atoms with Crippen LogP contribution in [-0.2, 0) is 4.79 Å². The summed E-state index contributed by atoms with van der Waals surface area (Å²) >= 11 is 0. The average molecular weight is 512 g/mol. The fourth-order valence-corrected chi connectivity index (χ4v) is 4.14. The topological polar surface area (TPSA) is 101 Å². The summed E-state index contributed by atoms with van der Waals surface area (Å²) < 4.78 is 33.6. The maximum Gasteiger partial charge on any atom is 0.490 e. The molecule has 1 fully saturated rings. The van der Waals surface area contributed by atoms with Crippen molar-refractivity contribution in [1.82, 2.24) is 24.5 Å². The van der Waals surface area contributed by atoms with Gasteiger partial charge in [0.2, 0.25) is 0 Å². The first-order valence-electron chi connectivity index (χ1n) is 11.5. The van der Waals surface area contributed by atoms with Crippen LogP contribution in [0.5, 0.6) is 0 Å². The summed E-state index contributed by atoms with van der Waals surface area (Å²) in [5.74, 6) is -1.70. The number of carboxylic acids is 1. The van der Waals surface area contributed by atoms with Gasteiger partial charge in [0.1, 0.15) is 0 Å². The molecule has 1 aliphatic heterocycles. The molecular formula is C26H24F3N5O3. The van der Waals surface area contributed by atoms with Crippen LogP contribution < -0.4 is 0 Å². The number of aryl methyl sites for hydroxylation is 1. The second kappa shape index (κ2) is 10.8. The molecule has 11 heteroatoms. The van der Waals surface area contributed by atoms with Gasteiger partial charge in [-0.2, -0.15) is 18.3 Å². The number of carbonyl (C=O) groups excluding carboxylic acids is 1. The number of aromatic nitrogens is 4. The van der Waals surface area contributed by atoms with E-state index in [9.17, 15) is 18.0 Å². The second-order valence-corrected chi connectivity index (χ2v) is 8.63. The lowest BCUT2D eigenvalue weighted by atomic mass is 9.96. The zero-order valence-electron chi connectivity index (χ0n) is 19.9. The van der Waals surface area contributed by atoms with Crippen LogP contribution in [0.2, 0.25) is 0 Å². The van der Waals surface area contributed by atoms with Crippen molar-refractivity contribution in [3.63, 3.8) is 0 Å². The molecule has 0 saturated carbocycles. The number of piperidine rings is 1. The third-order valence-corrected chi connectivity index (χ3v) is 6.05. The zero-order chi connectivity index (χ0) is 26.6. The first-order chi connectivity index (χ1) is 17.6. The van der Waals surface area contributed by atoms with E-state index in [0.717, 1.165) is 53.1 Å². The molecule has 1 atom stereocenters. The highest BCUT2D eigenvalue weighted by Crippen LogP contribution is 2.27. The monoisotopic (exact) mass is 511 g/mol. The molecule has 1 aliphatic rings. The number of carboxylic acid groups (broad SMARTS) is 1. The predicted octanol–water partition coefficient (Wildman–Crippen LogP) is 4.75. The number of fused-ring (bicyclic) bond motifs is 1. The fourth-order valence-electron chi connectivity index (χ4n) is 4.14. The third-order valence-electron chi connectivity index (χ3n) is 6.05. The first kappa shape index (κ1) is 25.8. The maximum absolute atomic E-state index is 13.0. The SMILES string of the molecule is Cc1ccccc1C(=O)N1CCCC(c2nc3ccc(-c4ccncc4)cn3n2)C1.O=C(O)C(F)(F)F. The summed E-state index contributed by atoms with van der Waals surface area (Å²) in [6.45, 7) is 3.42. The molecule has 1 N–H and O–H groups in total. The maximum atomic E-state index is 13.0. The third kappa shape index (κ3) is 6.11. The summed E-state index contributed by atoms with van der Waals surface area (Å²) in [7, 11) is 0. The van der Waals surface area contributed by atoms with Gasteiger partial charge in [0.15, 0.2) is 11.5 Å². The lowest BCUT2D eigenvalue weighted by molar-refractivity contribution is -0.192. The van der Waals surface area contributed by atoms with Crippen LogP contribution in [0, 0.1) is 6.92 Å². The van der Waals surface area contributed by atoms with Gasteiger partial charge in [0.05, 0.1) is 0 Å². The molecule has 0 radical (unpaired) electrons. The van der Waals surface area contributed by atoms with Crippen LogP contribution in [0.25, 0.3) is 16.8 Å². The molecule has 8 nitrogen and oxygen atoms in total. The quantitative estimate of drug-likeness (QED) is 0.426. The summed E-state index contributed by atoms with van der Waals surface area (Å²) in [6, 6.07) is 15.8. The molecule has 1 aromatic carbocycles. The number of likely N-dealkylation sites (tertiary alicyclic amines) is 1. The van der Waals surface area contributed by atoms with Crippen LogP contribution in [-0.4, -0.2) is 60.7 Å². The Kier molecular flexibility index (Phi) is 7.51. The van der Waals surface area contributed by atoms with Gasteiger partial charge < -0.3 is 10.0 Å². The van der Waals surface area contributed by atoms with Crippen molar-refractivity contribution in [1.29, 1.82) is 0 Å². The van der Waals surface area contributed by atoms with Crippen molar-refractivity contribution in [3.8, 4) is 11.1 Å². The van der Waals surface area contributed by atoms with E-state index >= 15 is 0 Å². The summed E-state index contributed by atoms with van der Waals surface area (Å²) in [4.78, 5) is 32.7. The molecule has 3 aromatic heterocycles. The van der Waals surface area contributed by atoms with Crippen molar-refractivity contribution in [3.05, 3.63) is 84.1 Å². The molecule has 1 amide bonds. The number of amides is 1. The minimum absolute atomic E-state index is 0.0986. The van der Waals surface area contributed by atoms with E-state index in [-0.39, 0.29) is 11.8 Å². The molecule has 0 aliphatic carbocycles. The van der Waals surface area contributed by atoms with Gasteiger partial charge >= 0.3 is 12.1 Å². The van der Waals surface area contributed by atoms with E-state index in [0.29, 0.717) is 6.54 Å². The molecular weight excluding hydrogens is 487 g/mol. The number of hydrogen-bond acceptors (Lipinski definition) is 5. The average Bonchev–Trinajstić information content (AvgIpc) is 3.33. The lowest BCUT2D eigenvalue weighted by Gasteiger charge is -2.31. The molecule has 0 spiro atoms. The number of rotatable bonds is 3. The Balaban J connectivity index is 0.000000405. The van der Waals surface area contributed by atoms with Gasteiger partial charge in [-0.1, -0.05) is 18.2 Å². The fraction of sp³-hybridized carbons (Fsp3) is 0.269. The normalized spacial score (nSPS) is 15.7. The van der Waals surface area contributed by atoms with Crippen LogP contribution in [0.4, 0.5) is 13.2 Å². The number of alkyl halides is 3. The van der Waals surface area contributed by atoms with Crippen LogP contribution in [0.1, 0.15) is 40.5 Å². The van der Waals surface area contributed by atoms with Gasteiger partial charge in [-0.15, -0.1) is 0 Å². The van der Waals surface area contributed by atoms with Crippen molar-refractivity contribution in [2.75, 3.05) is 13.1 Å². The van der Waals surface area contributed by atoms with Gasteiger partial charge in [-0.25, -0.2) is 14.3 Å². The molecule has 5 rings (SSSR count). The van der Waals surface area contributed by atoms with Gasteiger partial charge in [-0.3, -0.25) is 9.78 Å². The van der Waals surface area contributed by atoms with E-state index in [1.807, 2.05) is 65.0 Å². The Morgan fingerprint density at radius 1 is 1.03 bits per heavy atom. The lowest BCUT2D eigenvalue weighted by Crippen LogP contribution is -2.39. The number of pyridine rings is 2. The molecule has 1 unspecified atom stereocenters. The van der Waals surface area contributed by atoms with Crippen molar-refractivity contribution in [2.24, 2.45) is 0 Å². The first-order valence-corrected chi connectivity index (χ1v) is 11.5. The molecule has 4 heterocycles. The second-order valence-electron chi connectivity index (χ2n) is 8.63. The van der Waals surface area contributed by atoms with E-state index < -0.39 is 12.1 Å². The number of benzene rings is 1. The number of hydrogen-bond donors (Lipinski definition) is 1. The summed E-state index contributed by atoms with van der Waals surface area (Å²) in [6.07, 6.45) is 2.44. The largest absolute Gasteiger partial charge is 0.490 e. The predicted molar refractivity (Wildman–Crippen MR) is 129 cm³/mol. The number of nitrogens with zero attached hydrogens (tertiary/aromatic N) is 5. The van der Waals surface area contributed by atoms with Gasteiger partial charge in [0.25, 0.3) is 5.91 Å². The highest BCUT2D eigenvalue weighted by atomic mass is 19.4. The van der Waals surface area contributed by atoms with Crippen LogP contribution >= 0.6 is 0 Å². The minimum atomic E-state index is -5.08. The number of carbonyl (C=O) groups is 2. The highest BCUT2D eigenvalue weighted by Gasteiger charge is 2.38. The molecule has 1 saturated heterocycles. The Bertz CT molecular complexity index is 1410. The van der Waals surface area contributed by atoms with Gasteiger partial charge in [0, 0.05) is 48.7 Å². The van der Waals surface area contributed by atoms with Crippen molar-refractivity contribution < 1.29 is 27.9 Å². The highest BCUT2D eigenvalue weighted by molar-refractivity contribution is 5.95. The van der Waals surface area contributed by atoms with E-state index in [4.69, 9.17) is 20.0 Å². The summed E-state index contributed by atoms with van der Waals surface area (Å²) in [5, 5.41) is 11.9. The van der Waals surface area contributed by atoms with E-state index in [1.165, 1.54) is 0 Å². The Morgan fingerprint density at radius 3 is 2.41 bits per heavy atom. The smallest absolute Gasteiger partial charge is 0.475 e. The number of aliphatic carboxylic acids is 1. The molecule has 192 valence electrons. The standard InChI is InChI=1S/C24H23N5O.C2HF3O2/c1-17-5-2-3-7-21(17)24(30)28-14-4-6-20(15-28)23-26-22-9-8-19(16-29(22)27-23)18-10-12-25-13-11-18;3-2(4,5)1(6)7/h2-3,5,7-13,16,20H,4,6,14-15H2,1H3;(H,6,7). The summed E-state index contributed by atoms with van der Waals surface area (Å²) in [5.41, 5.74) is 4.78. The van der Waals surface area contributed by atoms with E-state index in [2.05, 4.69) is 11.1 Å². The Labute approximate surface area is 210 Å². The Morgan fingerprint density at radius 2 is 1.73 bits per heavy atom. The van der Waals surface area contributed by atoms with Crippen LogP contribution in [0.15, 0.2) is 67.1 Å². The van der Waals surface area contributed by atoms with Gasteiger partial charge in [-0.05, 0) is 61.2 Å². The van der Waals surface area contributed by atoms with Crippen molar-refractivity contribution in [2.45, 2.75) is 31.9 Å².